The smallest absolute Gasteiger partial charge is 0.330 e. The Morgan fingerprint density at radius 2 is 1.49 bits per heavy atom. The molecular weight excluding hydrogens is 568 g/mol. The molecule has 0 aliphatic carbocycles. The molecule has 7 N–H and O–H groups in total. The standard InChI is InChI=1S/C30H28O13/c31-16-6-1-14(2-7-16)3-10-22(35)40-13-21-24(36)26(38)27(39)30(42-21)43-29-25(37)23-19(34)11-18(33)12-20(23)41-28(29)15-4-8-17(32)9-5-15/h1-12,21,24,26-34,36,38-39H,13H2. The van der Waals surface area contributed by atoms with Crippen molar-refractivity contribution in [3.05, 3.63) is 83.4 Å². The van der Waals surface area contributed by atoms with Gasteiger partial charge in [0.1, 0.15) is 65.3 Å². The molecule has 5 rings (SSSR count). The first-order valence-corrected chi connectivity index (χ1v) is 13.1. The van der Waals surface area contributed by atoms with Crippen molar-refractivity contribution >= 4 is 17.8 Å². The van der Waals surface area contributed by atoms with Gasteiger partial charge in [-0.25, -0.2) is 4.79 Å². The van der Waals surface area contributed by atoms with Gasteiger partial charge in [0, 0.05) is 18.2 Å². The van der Waals surface area contributed by atoms with Gasteiger partial charge < -0.3 is 54.7 Å². The molecule has 43 heavy (non-hydrogen) atoms. The number of ketones is 1. The van der Waals surface area contributed by atoms with Crippen LogP contribution in [0.1, 0.15) is 27.6 Å². The summed E-state index contributed by atoms with van der Waals surface area (Å²) in [5, 5.41) is 71.0. The minimum absolute atomic E-state index is 0.0527. The van der Waals surface area contributed by atoms with Gasteiger partial charge in [-0.2, -0.15) is 0 Å². The predicted octanol–water partition coefficient (Wildman–Crippen LogP) is 1.27. The van der Waals surface area contributed by atoms with Gasteiger partial charge in [0.05, 0.1) is 0 Å². The Morgan fingerprint density at radius 3 is 2.16 bits per heavy atom. The van der Waals surface area contributed by atoms with Crippen LogP contribution in [0.2, 0.25) is 0 Å². The fourth-order valence-electron chi connectivity index (χ4n) is 4.72. The molecule has 3 aromatic rings. The van der Waals surface area contributed by atoms with Crippen molar-refractivity contribution in [2.24, 2.45) is 0 Å². The maximum atomic E-state index is 13.6. The highest BCUT2D eigenvalue weighted by Gasteiger charge is 2.49. The number of aromatic hydroxyl groups is 4. The minimum Gasteiger partial charge on any atom is -0.508 e. The Hall–Kier alpha value is -4.66. The molecular formula is C30H28O13. The zero-order valence-electron chi connectivity index (χ0n) is 22.3. The van der Waals surface area contributed by atoms with Crippen LogP contribution in [0.25, 0.3) is 6.08 Å². The predicted molar refractivity (Wildman–Crippen MR) is 145 cm³/mol. The summed E-state index contributed by atoms with van der Waals surface area (Å²) in [4.78, 5) is 25.9. The highest BCUT2D eigenvalue weighted by molar-refractivity contribution is 6.05. The van der Waals surface area contributed by atoms with Crippen LogP contribution in [-0.4, -0.2) is 90.9 Å². The van der Waals surface area contributed by atoms with Crippen LogP contribution in [0, 0.1) is 0 Å². The van der Waals surface area contributed by atoms with Crippen LogP contribution in [0.3, 0.4) is 0 Å². The normalized spacial score (nSPS) is 27.0. The number of carbonyl (C=O) groups is 2. The molecule has 0 amide bonds. The first-order chi connectivity index (χ1) is 20.5. The van der Waals surface area contributed by atoms with E-state index >= 15 is 0 Å². The number of hydrogen-bond donors (Lipinski definition) is 7. The number of rotatable bonds is 7. The third-order valence-electron chi connectivity index (χ3n) is 6.97. The Kier molecular flexibility index (Phi) is 8.52. The van der Waals surface area contributed by atoms with Crippen LogP contribution in [0.15, 0.2) is 66.7 Å². The summed E-state index contributed by atoms with van der Waals surface area (Å²) < 4.78 is 22.5. The van der Waals surface area contributed by atoms with Crippen molar-refractivity contribution in [2.45, 2.75) is 42.9 Å². The second-order valence-electron chi connectivity index (χ2n) is 9.96. The maximum Gasteiger partial charge on any atom is 0.330 e. The average Bonchev–Trinajstić information content (AvgIpc) is 2.97. The lowest BCUT2D eigenvalue weighted by Crippen LogP contribution is -2.60. The molecule has 1 saturated heterocycles. The summed E-state index contributed by atoms with van der Waals surface area (Å²) >= 11 is 0. The summed E-state index contributed by atoms with van der Waals surface area (Å²) in [5.41, 5.74) is 0.622. The number of benzene rings is 3. The topological polar surface area (TPSA) is 213 Å². The molecule has 7 atom stereocenters. The first kappa shape index (κ1) is 29.8. The maximum absolute atomic E-state index is 13.6. The number of phenolic OH excluding ortho intramolecular Hbond substituents is 4. The van der Waals surface area contributed by atoms with Gasteiger partial charge >= 0.3 is 5.97 Å². The van der Waals surface area contributed by atoms with Crippen LogP contribution >= 0.6 is 0 Å². The molecule has 13 heteroatoms. The quantitative estimate of drug-likeness (QED) is 0.151. The van der Waals surface area contributed by atoms with Crippen molar-refractivity contribution in [2.75, 3.05) is 6.61 Å². The number of carbonyl (C=O) groups excluding carboxylic acids is 2. The summed E-state index contributed by atoms with van der Waals surface area (Å²) in [7, 11) is 0. The van der Waals surface area contributed by atoms with Gasteiger partial charge in [0.15, 0.2) is 18.5 Å². The highest BCUT2D eigenvalue weighted by Crippen LogP contribution is 2.43. The van der Waals surface area contributed by atoms with Gasteiger partial charge in [0.2, 0.25) is 5.78 Å². The third kappa shape index (κ3) is 6.40. The van der Waals surface area contributed by atoms with E-state index in [-0.39, 0.29) is 28.6 Å². The van der Waals surface area contributed by atoms with Gasteiger partial charge in [0.25, 0.3) is 0 Å². The summed E-state index contributed by atoms with van der Waals surface area (Å²) in [6.07, 6.45) is -8.83. The fraction of sp³-hybridized carbons (Fsp3) is 0.267. The number of fused-ring (bicyclic) bond motifs is 1. The van der Waals surface area contributed by atoms with Crippen molar-refractivity contribution in [1.29, 1.82) is 0 Å². The number of esters is 1. The molecule has 2 aliphatic heterocycles. The van der Waals surface area contributed by atoms with E-state index < -0.39 is 67.0 Å². The number of ether oxygens (including phenoxy) is 4. The van der Waals surface area contributed by atoms with E-state index in [0.717, 1.165) is 18.2 Å². The Balaban J connectivity index is 1.34. The first-order valence-electron chi connectivity index (χ1n) is 13.1. The van der Waals surface area contributed by atoms with E-state index in [1.165, 1.54) is 42.5 Å². The van der Waals surface area contributed by atoms with Gasteiger partial charge in [-0.05, 0) is 41.5 Å². The lowest BCUT2D eigenvalue weighted by atomic mass is 9.92. The summed E-state index contributed by atoms with van der Waals surface area (Å²) in [5.74, 6) is -2.76. The Bertz CT molecular complexity index is 1500. The molecule has 7 unspecified atom stereocenters. The molecule has 0 radical (unpaired) electrons. The van der Waals surface area contributed by atoms with Gasteiger partial charge in [-0.15, -0.1) is 0 Å². The Morgan fingerprint density at radius 1 is 0.837 bits per heavy atom. The second kappa shape index (κ2) is 12.3. The largest absolute Gasteiger partial charge is 0.508 e. The summed E-state index contributed by atoms with van der Waals surface area (Å²) in [6, 6.07) is 13.6. The zero-order valence-corrected chi connectivity index (χ0v) is 22.3. The van der Waals surface area contributed by atoms with E-state index in [1.807, 2.05) is 0 Å². The van der Waals surface area contributed by atoms with E-state index in [4.69, 9.17) is 18.9 Å². The lowest BCUT2D eigenvalue weighted by molar-refractivity contribution is -0.312. The molecule has 1 fully saturated rings. The van der Waals surface area contributed by atoms with Gasteiger partial charge in [-0.3, -0.25) is 4.79 Å². The van der Waals surface area contributed by atoms with Crippen LogP contribution in [0.5, 0.6) is 28.7 Å². The molecule has 0 aromatic heterocycles. The lowest BCUT2D eigenvalue weighted by Gasteiger charge is -2.42. The van der Waals surface area contributed by atoms with E-state index in [9.17, 15) is 45.3 Å². The molecule has 226 valence electrons. The number of Topliss-reactive ketones (excluding diaryl/α,β-unsaturated/α-hetero) is 1. The number of aliphatic hydroxyl groups is 3. The fourth-order valence-corrected chi connectivity index (χ4v) is 4.72. The van der Waals surface area contributed by atoms with E-state index in [1.54, 1.807) is 12.1 Å². The molecule has 0 bridgehead atoms. The third-order valence-corrected chi connectivity index (χ3v) is 6.97. The minimum atomic E-state index is -1.86. The van der Waals surface area contributed by atoms with Crippen molar-refractivity contribution in [3.8, 4) is 28.7 Å². The summed E-state index contributed by atoms with van der Waals surface area (Å²) in [6.45, 7) is -0.567. The number of hydrogen-bond acceptors (Lipinski definition) is 13. The monoisotopic (exact) mass is 596 g/mol. The molecule has 13 nitrogen and oxygen atoms in total. The second-order valence-corrected chi connectivity index (χ2v) is 9.96. The van der Waals surface area contributed by atoms with Crippen LogP contribution < -0.4 is 4.74 Å². The SMILES string of the molecule is O=C(C=Cc1ccc(O)cc1)OCC1OC(OC2C(=O)c3c(O)cc(O)cc3OC2c2ccc(O)cc2)C(O)C(O)C1O. The van der Waals surface area contributed by atoms with Crippen molar-refractivity contribution < 1.29 is 64.3 Å². The number of phenols is 4. The van der Waals surface area contributed by atoms with Crippen LogP contribution in [0.4, 0.5) is 0 Å². The molecule has 0 spiro atoms. The average molecular weight is 597 g/mol. The van der Waals surface area contributed by atoms with E-state index in [0.29, 0.717) is 11.1 Å². The number of aliphatic hydroxyl groups excluding tert-OH is 3. The van der Waals surface area contributed by atoms with Crippen molar-refractivity contribution in [1.82, 2.24) is 0 Å². The highest BCUT2D eigenvalue weighted by atomic mass is 16.7. The molecule has 3 aromatic carbocycles. The van der Waals surface area contributed by atoms with Crippen LogP contribution in [-0.2, 0) is 19.0 Å². The molecule has 2 aliphatic rings. The van der Waals surface area contributed by atoms with Gasteiger partial charge in [-0.1, -0.05) is 24.3 Å². The van der Waals surface area contributed by atoms with E-state index in [2.05, 4.69) is 0 Å². The molecule has 0 saturated carbocycles. The zero-order chi connectivity index (χ0) is 30.8. The Labute approximate surface area is 244 Å². The van der Waals surface area contributed by atoms with Crippen molar-refractivity contribution in [3.63, 3.8) is 0 Å². The molecule has 2 heterocycles.